The highest BCUT2D eigenvalue weighted by atomic mass is 35.5. The Morgan fingerprint density at radius 2 is 2.05 bits per heavy atom. The Morgan fingerprint density at radius 3 is 2.62 bits per heavy atom. The Hall–Kier alpha value is -1.44. The minimum Gasteiger partial charge on any atom is -0.444 e. The molecule has 1 rings (SSSR count). The number of carbonyl (C=O) groups is 1. The molecule has 21 heavy (non-hydrogen) atoms. The quantitative estimate of drug-likeness (QED) is 0.495. The van der Waals surface area contributed by atoms with Crippen molar-refractivity contribution in [1.29, 1.82) is 0 Å². The lowest BCUT2D eigenvalue weighted by Crippen LogP contribution is -2.32. The van der Waals surface area contributed by atoms with Crippen LogP contribution in [0.3, 0.4) is 0 Å². The Kier molecular flexibility index (Phi) is 6.32. The molecule has 0 atom stereocenters. The maximum atomic E-state index is 13.3. The minimum absolute atomic E-state index is 0.117. The molecule has 114 valence electrons. The van der Waals surface area contributed by atoms with Gasteiger partial charge in [-0.05, 0) is 32.9 Å². The van der Waals surface area contributed by atoms with E-state index in [9.17, 15) is 9.18 Å². The lowest BCUT2D eigenvalue weighted by atomic mass is 10.2. The van der Waals surface area contributed by atoms with Gasteiger partial charge in [-0.15, -0.1) is 0 Å². The van der Waals surface area contributed by atoms with Gasteiger partial charge in [0.25, 0.3) is 0 Å². The van der Waals surface area contributed by atoms with Gasteiger partial charge in [0.15, 0.2) is 0 Å². The summed E-state index contributed by atoms with van der Waals surface area (Å²) in [5.41, 5.74) is -0.105. The molecule has 6 heteroatoms. The van der Waals surface area contributed by atoms with Gasteiger partial charge in [-0.1, -0.05) is 35.0 Å². The summed E-state index contributed by atoms with van der Waals surface area (Å²) in [4.78, 5) is 11.4. The van der Waals surface area contributed by atoms with Crippen LogP contribution >= 0.6 is 23.2 Å². The van der Waals surface area contributed by atoms with Crippen molar-refractivity contribution in [2.24, 2.45) is 0 Å². The molecule has 1 N–H and O–H groups in total. The molecule has 0 unspecified atom stereocenters. The third kappa shape index (κ3) is 6.70. The van der Waals surface area contributed by atoms with Crippen molar-refractivity contribution in [2.75, 3.05) is 6.54 Å². The molecule has 0 heterocycles. The number of hydrogen-bond acceptors (Lipinski definition) is 2. The summed E-state index contributed by atoms with van der Waals surface area (Å²) in [6, 6.07) is 2.70. The first-order chi connectivity index (χ1) is 9.69. The van der Waals surface area contributed by atoms with Crippen molar-refractivity contribution in [3.05, 3.63) is 33.6 Å². The number of hydrogen-bond donors (Lipinski definition) is 1. The zero-order chi connectivity index (χ0) is 16.0. The minimum atomic E-state index is -0.611. The fraction of sp³-hybridized carbons (Fsp3) is 0.400. The molecule has 0 bridgehead atoms. The molecular weight excluding hydrogens is 316 g/mol. The van der Waals surface area contributed by atoms with Crippen molar-refractivity contribution >= 4 is 29.3 Å². The SMILES string of the molecule is CC(C)(C)OC(=O)NCCC#Cc1cc(F)c(Cl)c(Cl)c1. The highest BCUT2D eigenvalue weighted by Gasteiger charge is 2.15. The molecule has 0 aliphatic rings. The van der Waals surface area contributed by atoms with Gasteiger partial charge in [0.2, 0.25) is 0 Å². The van der Waals surface area contributed by atoms with E-state index in [0.717, 1.165) is 0 Å². The molecule has 0 saturated carbocycles. The molecule has 0 spiro atoms. The summed E-state index contributed by atoms with van der Waals surface area (Å²) in [5.74, 6) is 4.94. The summed E-state index contributed by atoms with van der Waals surface area (Å²) < 4.78 is 18.4. The van der Waals surface area contributed by atoms with Crippen LogP contribution < -0.4 is 5.32 Å². The Bertz CT molecular complexity index is 563. The number of carbonyl (C=O) groups excluding carboxylic acids is 1. The number of rotatable bonds is 2. The largest absolute Gasteiger partial charge is 0.444 e. The van der Waals surface area contributed by atoms with E-state index >= 15 is 0 Å². The van der Waals surface area contributed by atoms with E-state index in [1.807, 2.05) is 0 Å². The van der Waals surface area contributed by atoms with Gasteiger partial charge in [0, 0.05) is 18.5 Å². The van der Waals surface area contributed by atoms with Gasteiger partial charge in [0.05, 0.1) is 10.0 Å². The molecule has 3 nitrogen and oxygen atoms in total. The summed E-state index contributed by atoms with van der Waals surface area (Å²) in [6.45, 7) is 5.69. The summed E-state index contributed by atoms with van der Waals surface area (Å²) in [6.07, 6.45) is -0.0916. The maximum absolute atomic E-state index is 13.3. The van der Waals surface area contributed by atoms with Crippen molar-refractivity contribution in [3.63, 3.8) is 0 Å². The molecule has 1 aromatic carbocycles. The van der Waals surface area contributed by atoms with Crippen LogP contribution in [0, 0.1) is 17.7 Å². The molecular formula is C15H16Cl2FNO2. The zero-order valence-corrected chi connectivity index (χ0v) is 13.5. The number of ether oxygens (including phenoxy) is 1. The number of halogens is 3. The second-order valence-corrected chi connectivity index (χ2v) is 6.02. The van der Waals surface area contributed by atoms with Gasteiger partial charge < -0.3 is 10.1 Å². The number of nitrogens with one attached hydrogen (secondary N) is 1. The number of amides is 1. The normalized spacial score (nSPS) is 10.6. The van der Waals surface area contributed by atoms with Gasteiger partial charge in [-0.2, -0.15) is 0 Å². The van der Waals surface area contributed by atoms with Crippen LogP contribution in [0.25, 0.3) is 0 Å². The van der Waals surface area contributed by atoms with Crippen molar-refractivity contribution < 1.29 is 13.9 Å². The predicted molar refractivity (Wildman–Crippen MR) is 82.2 cm³/mol. The first kappa shape index (κ1) is 17.6. The standard InChI is InChI=1S/C15H16Cl2FNO2/c1-15(2,3)21-14(20)19-7-5-4-6-10-8-11(16)13(17)12(18)9-10/h8-9H,5,7H2,1-3H3,(H,19,20). The first-order valence-corrected chi connectivity index (χ1v) is 7.05. The Balaban J connectivity index is 2.46. The predicted octanol–water partition coefficient (Wildman–Crippen LogP) is 4.40. The second kappa shape index (κ2) is 7.53. The molecule has 1 aromatic rings. The maximum Gasteiger partial charge on any atom is 0.407 e. The fourth-order valence-electron chi connectivity index (χ4n) is 1.33. The van der Waals surface area contributed by atoms with Crippen LogP contribution in [0.1, 0.15) is 32.8 Å². The second-order valence-electron chi connectivity index (χ2n) is 5.23. The summed E-state index contributed by atoms with van der Waals surface area (Å²) in [5, 5.41) is 2.57. The van der Waals surface area contributed by atoms with Gasteiger partial charge >= 0.3 is 6.09 Å². The smallest absolute Gasteiger partial charge is 0.407 e. The monoisotopic (exact) mass is 331 g/mol. The molecule has 0 aliphatic carbocycles. The molecule has 0 aliphatic heterocycles. The third-order valence-electron chi connectivity index (χ3n) is 2.13. The van der Waals surface area contributed by atoms with E-state index < -0.39 is 17.5 Å². The van der Waals surface area contributed by atoms with Crippen LogP contribution in [-0.2, 0) is 4.74 Å². The summed E-state index contributed by atoms with van der Waals surface area (Å²) in [7, 11) is 0. The van der Waals surface area contributed by atoms with Crippen molar-refractivity contribution in [2.45, 2.75) is 32.8 Å². The van der Waals surface area contributed by atoms with E-state index in [-0.39, 0.29) is 10.0 Å². The van der Waals surface area contributed by atoms with Crippen LogP contribution in [0.2, 0.25) is 10.0 Å². The van der Waals surface area contributed by atoms with E-state index in [1.54, 1.807) is 20.8 Å². The van der Waals surface area contributed by atoms with Crippen LogP contribution in [-0.4, -0.2) is 18.2 Å². The highest BCUT2D eigenvalue weighted by molar-refractivity contribution is 6.42. The Morgan fingerprint density at radius 1 is 1.38 bits per heavy atom. The molecule has 0 aromatic heterocycles. The lowest BCUT2D eigenvalue weighted by Gasteiger charge is -2.19. The van der Waals surface area contributed by atoms with Gasteiger partial charge in [-0.3, -0.25) is 0 Å². The van der Waals surface area contributed by atoms with Gasteiger partial charge in [0.1, 0.15) is 11.4 Å². The zero-order valence-electron chi connectivity index (χ0n) is 12.0. The average molecular weight is 332 g/mol. The molecule has 0 fully saturated rings. The van der Waals surface area contributed by atoms with Crippen LogP contribution in [0.5, 0.6) is 0 Å². The fourth-order valence-corrected chi connectivity index (χ4v) is 1.65. The van der Waals surface area contributed by atoms with Crippen molar-refractivity contribution in [3.8, 4) is 11.8 Å². The Labute approximate surface area is 133 Å². The van der Waals surface area contributed by atoms with Crippen LogP contribution in [0.4, 0.5) is 9.18 Å². The van der Waals surface area contributed by atoms with E-state index in [0.29, 0.717) is 18.5 Å². The van der Waals surface area contributed by atoms with E-state index in [2.05, 4.69) is 17.2 Å². The number of benzene rings is 1. The lowest BCUT2D eigenvalue weighted by molar-refractivity contribution is 0.0529. The van der Waals surface area contributed by atoms with Gasteiger partial charge in [-0.25, -0.2) is 9.18 Å². The number of alkyl carbamates (subject to hydrolysis) is 1. The van der Waals surface area contributed by atoms with E-state index in [4.69, 9.17) is 27.9 Å². The van der Waals surface area contributed by atoms with E-state index in [1.165, 1.54) is 12.1 Å². The topological polar surface area (TPSA) is 38.3 Å². The molecule has 0 saturated heterocycles. The van der Waals surface area contributed by atoms with Crippen LogP contribution in [0.15, 0.2) is 12.1 Å². The average Bonchev–Trinajstić information content (AvgIpc) is 2.33. The highest BCUT2D eigenvalue weighted by Crippen LogP contribution is 2.25. The third-order valence-corrected chi connectivity index (χ3v) is 2.91. The summed E-state index contributed by atoms with van der Waals surface area (Å²) >= 11 is 11.4. The van der Waals surface area contributed by atoms with Crippen molar-refractivity contribution in [1.82, 2.24) is 5.32 Å². The molecule has 1 amide bonds. The first-order valence-electron chi connectivity index (χ1n) is 6.29. The molecule has 0 radical (unpaired) electrons.